The number of carbonyl (C=O) groups excluding carboxylic acids is 3. The Kier molecular flexibility index (Phi) is 9.55. The second-order valence-corrected chi connectivity index (χ2v) is 8.95. The average molecular weight is 500 g/mol. The fourth-order valence-electron chi connectivity index (χ4n) is 4.10. The van der Waals surface area contributed by atoms with Crippen molar-refractivity contribution in [2.45, 2.75) is 44.9 Å². The molecule has 0 bridgehead atoms. The number of nitrogens with one attached hydrogen (secondary N) is 2. The van der Waals surface area contributed by atoms with Crippen LogP contribution in [0.2, 0.25) is 0 Å². The molecule has 3 amide bonds. The molecule has 0 fully saturated rings. The van der Waals surface area contributed by atoms with Gasteiger partial charge in [0, 0.05) is 11.3 Å². The van der Waals surface area contributed by atoms with E-state index in [2.05, 4.69) is 72.2 Å². The van der Waals surface area contributed by atoms with Gasteiger partial charge in [0.1, 0.15) is 0 Å². The summed E-state index contributed by atoms with van der Waals surface area (Å²) in [6.07, 6.45) is 3.33. The molecule has 2 atom stereocenters. The fourth-order valence-corrected chi connectivity index (χ4v) is 4.10. The Labute approximate surface area is 217 Å². The lowest BCUT2D eigenvalue weighted by atomic mass is 9.87. The lowest BCUT2D eigenvalue weighted by molar-refractivity contribution is -0.115. The number of primary amides is 2. The number of benzene rings is 3. The van der Waals surface area contributed by atoms with Gasteiger partial charge in [-0.2, -0.15) is 5.10 Å². The average Bonchev–Trinajstić information content (AvgIpc) is 2.90. The number of anilines is 2. The summed E-state index contributed by atoms with van der Waals surface area (Å²) in [6, 6.07) is 25.0. The molecule has 3 aromatic carbocycles. The van der Waals surface area contributed by atoms with Gasteiger partial charge < -0.3 is 16.8 Å². The Bertz CT molecular complexity index is 1220. The van der Waals surface area contributed by atoms with Crippen LogP contribution in [0.1, 0.15) is 66.4 Å². The van der Waals surface area contributed by atoms with Crippen molar-refractivity contribution in [1.29, 1.82) is 0 Å². The minimum absolute atomic E-state index is 0.264. The monoisotopic (exact) mass is 499 g/mol. The SMILES string of the molecule is CCC(CCC(C)c1ccc(NC(=O)c2ccc(NN=C(C(N)=O)C(N)=O)cc2)cc1)c1ccccc1. The minimum atomic E-state index is -1.03. The van der Waals surface area contributed by atoms with Crippen molar-refractivity contribution < 1.29 is 14.4 Å². The second-order valence-electron chi connectivity index (χ2n) is 8.95. The summed E-state index contributed by atoms with van der Waals surface area (Å²) < 4.78 is 0. The number of rotatable bonds is 12. The van der Waals surface area contributed by atoms with Crippen molar-refractivity contribution in [1.82, 2.24) is 0 Å². The Hall–Kier alpha value is -4.46. The van der Waals surface area contributed by atoms with E-state index in [1.54, 1.807) is 24.3 Å². The van der Waals surface area contributed by atoms with Crippen molar-refractivity contribution in [3.8, 4) is 0 Å². The third-order valence-electron chi connectivity index (χ3n) is 6.36. The van der Waals surface area contributed by atoms with Gasteiger partial charge in [-0.25, -0.2) is 0 Å². The zero-order chi connectivity index (χ0) is 26.8. The Balaban J connectivity index is 1.54. The Morgan fingerprint density at radius 2 is 1.38 bits per heavy atom. The molecule has 0 radical (unpaired) electrons. The Morgan fingerprint density at radius 1 is 0.784 bits per heavy atom. The molecule has 0 aromatic heterocycles. The predicted octanol–water partition coefficient (Wildman–Crippen LogP) is 4.75. The molecular formula is C29H33N5O3. The zero-order valence-corrected chi connectivity index (χ0v) is 21.1. The van der Waals surface area contributed by atoms with Crippen molar-refractivity contribution in [2.75, 3.05) is 10.7 Å². The summed E-state index contributed by atoms with van der Waals surface area (Å²) in [5, 5.41) is 6.51. The summed E-state index contributed by atoms with van der Waals surface area (Å²) in [5.41, 5.74) is 16.3. The molecule has 3 aromatic rings. The van der Waals surface area contributed by atoms with Crippen molar-refractivity contribution in [3.63, 3.8) is 0 Å². The van der Waals surface area contributed by atoms with Crippen LogP contribution in [-0.4, -0.2) is 23.4 Å². The lowest BCUT2D eigenvalue weighted by Gasteiger charge is -2.19. The first-order valence-corrected chi connectivity index (χ1v) is 12.3. The van der Waals surface area contributed by atoms with Crippen LogP contribution in [0, 0.1) is 0 Å². The van der Waals surface area contributed by atoms with Crippen LogP contribution in [0.5, 0.6) is 0 Å². The normalized spacial score (nSPS) is 12.2. The summed E-state index contributed by atoms with van der Waals surface area (Å²) in [6.45, 7) is 4.47. The molecule has 0 saturated heterocycles. The highest BCUT2D eigenvalue weighted by Gasteiger charge is 2.15. The van der Waals surface area contributed by atoms with Crippen molar-refractivity contribution in [3.05, 3.63) is 95.6 Å². The van der Waals surface area contributed by atoms with Crippen LogP contribution in [0.15, 0.2) is 84.0 Å². The van der Waals surface area contributed by atoms with Crippen LogP contribution in [-0.2, 0) is 9.59 Å². The Morgan fingerprint density at radius 3 is 1.95 bits per heavy atom. The third-order valence-corrected chi connectivity index (χ3v) is 6.36. The van der Waals surface area contributed by atoms with Crippen LogP contribution in [0.4, 0.5) is 11.4 Å². The maximum atomic E-state index is 12.7. The first kappa shape index (κ1) is 27.1. The van der Waals surface area contributed by atoms with Crippen LogP contribution < -0.4 is 22.2 Å². The standard InChI is InChI=1S/C29H33N5O3/c1-3-20(22-7-5-4-6-8-22)10-9-19(2)21-11-15-24(16-12-21)32-29(37)23-13-17-25(18-14-23)33-34-26(27(30)35)28(31)36/h4-8,11-20,33H,3,9-10H2,1-2H3,(H2,30,35)(H2,31,36)(H,32,37). The number of hydrogen-bond acceptors (Lipinski definition) is 5. The van der Waals surface area contributed by atoms with Gasteiger partial charge in [-0.3, -0.25) is 19.8 Å². The van der Waals surface area contributed by atoms with Gasteiger partial charge in [-0.05, 0) is 78.6 Å². The molecule has 0 heterocycles. The largest absolute Gasteiger partial charge is 0.364 e. The second kappa shape index (κ2) is 13.0. The van der Waals surface area contributed by atoms with Crippen molar-refractivity contribution >= 4 is 34.8 Å². The summed E-state index contributed by atoms with van der Waals surface area (Å²) in [7, 11) is 0. The topological polar surface area (TPSA) is 140 Å². The number of carbonyl (C=O) groups is 3. The highest BCUT2D eigenvalue weighted by Crippen LogP contribution is 2.30. The molecule has 0 aliphatic carbocycles. The van der Waals surface area contributed by atoms with Gasteiger partial charge in [-0.1, -0.05) is 56.3 Å². The van der Waals surface area contributed by atoms with E-state index in [0.29, 0.717) is 28.8 Å². The van der Waals surface area contributed by atoms with Crippen LogP contribution in [0.25, 0.3) is 0 Å². The molecule has 37 heavy (non-hydrogen) atoms. The van der Waals surface area contributed by atoms with Gasteiger partial charge in [0.25, 0.3) is 17.7 Å². The number of hydrazone groups is 1. The molecule has 6 N–H and O–H groups in total. The molecule has 0 aliphatic heterocycles. The summed E-state index contributed by atoms with van der Waals surface area (Å²) in [5.74, 6) is -1.36. The van der Waals surface area contributed by atoms with E-state index in [-0.39, 0.29) is 5.91 Å². The van der Waals surface area contributed by atoms with E-state index in [1.165, 1.54) is 11.1 Å². The maximum absolute atomic E-state index is 12.7. The summed E-state index contributed by atoms with van der Waals surface area (Å²) >= 11 is 0. The van der Waals surface area contributed by atoms with E-state index in [0.717, 1.165) is 19.3 Å². The minimum Gasteiger partial charge on any atom is -0.364 e. The number of nitrogens with zero attached hydrogens (tertiary/aromatic N) is 1. The van der Waals surface area contributed by atoms with E-state index in [4.69, 9.17) is 11.5 Å². The maximum Gasteiger partial charge on any atom is 0.274 e. The van der Waals surface area contributed by atoms with Gasteiger partial charge in [-0.15, -0.1) is 0 Å². The van der Waals surface area contributed by atoms with E-state index in [1.807, 2.05) is 12.1 Å². The van der Waals surface area contributed by atoms with E-state index >= 15 is 0 Å². The molecule has 0 aliphatic rings. The number of hydrogen-bond donors (Lipinski definition) is 4. The quantitative estimate of drug-likeness (QED) is 0.162. The number of amides is 3. The first-order valence-electron chi connectivity index (χ1n) is 12.3. The van der Waals surface area contributed by atoms with Crippen LogP contribution >= 0.6 is 0 Å². The highest BCUT2D eigenvalue weighted by atomic mass is 16.2. The van der Waals surface area contributed by atoms with Crippen molar-refractivity contribution in [2.24, 2.45) is 16.6 Å². The molecule has 3 rings (SSSR count). The van der Waals surface area contributed by atoms with Gasteiger partial charge >= 0.3 is 0 Å². The third kappa shape index (κ3) is 7.76. The lowest BCUT2D eigenvalue weighted by Crippen LogP contribution is -2.36. The first-order chi connectivity index (χ1) is 17.8. The van der Waals surface area contributed by atoms with Gasteiger partial charge in [0.2, 0.25) is 5.71 Å². The molecule has 2 unspecified atom stereocenters. The summed E-state index contributed by atoms with van der Waals surface area (Å²) in [4.78, 5) is 35.0. The molecule has 192 valence electrons. The molecule has 0 saturated carbocycles. The van der Waals surface area contributed by atoms with E-state index in [9.17, 15) is 14.4 Å². The molecule has 8 nitrogen and oxygen atoms in total. The smallest absolute Gasteiger partial charge is 0.274 e. The highest BCUT2D eigenvalue weighted by molar-refractivity contribution is 6.64. The van der Waals surface area contributed by atoms with Gasteiger partial charge in [0.15, 0.2) is 0 Å². The molecular weight excluding hydrogens is 466 g/mol. The predicted molar refractivity (Wildman–Crippen MR) is 147 cm³/mol. The molecule has 0 spiro atoms. The fraction of sp³-hybridized carbons (Fsp3) is 0.241. The molecule has 8 heteroatoms. The van der Waals surface area contributed by atoms with Gasteiger partial charge in [0.05, 0.1) is 5.69 Å². The number of nitrogens with two attached hydrogens (primary N) is 2. The van der Waals surface area contributed by atoms with Crippen LogP contribution in [0.3, 0.4) is 0 Å². The zero-order valence-electron chi connectivity index (χ0n) is 21.1. The van der Waals surface area contributed by atoms with E-state index < -0.39 is 17.5 Å².